The maximum atomic E-state index is 12.0. The van der Waals surface area contributed by atoms with Crippen LogP contribution in [-0.2, 0) is 0 Å². The van der Waals surface area contributed by atoms with Gasteiger partial charge in [-0.05, 0) is 29.9 Å². The van der Waals surface area contributed by atoms with Gasteiger partial charge in [-0.2, -0.15) is 11.8 Å². The summed E-state index contributed by atoms with van der Waals surface area (Å²) >= 11 is 1.87. The van der Waals surface area contributed by atoms with Crippen molar-refractivity contribution in [1.29, 1.82) is 0 Å². The molecule has 0 aliphatic carbocycles. The first-order chi connectivity index (χ1) is 9.44. The van der Waals surface area contributed by atoms with E-state index in [4.69, 9.17) is 0 Å². The molecule has 1 aromatic carbocycles. The highest BCUT2D eigenvalue weighted by atomic mass is 32.2. The molecule has 2 rings (SSSR count). The van der Waals surface area contributed by atoms with Crippen LogP contribution in [0.15, 0.2) is 24.3 Å². The van der Waals surface area contributed by atoms with Gasteiger partial charge in [-0.25, -0.2) is 0 Å². The van der Waals surface area contributed by atoms with Gasteiger partial charge in [-0.1, -0.05) is 12.1 Å². The van der Waals surface area contributed by atoms with Crippen molar-refractivity contribution < 1.29 is 23.0 Å². The van der Waals surface area contributed by atoms with E-state index in [2.05, 4.69) is 10.1 Å². The topological polar surface area (TPSA) is 41.5 Å². The molecule has 112 valence electrons. The molecule has 1 fully saturated rings. The van der Waals surface area contributed by atoms with Gasteiger partial charge < -0.3 is 15.2 Å². The van der Waals surface area contributed by atoms with Gasteiger partial charge in [0.2, 0.25) is 0 Å². The van der Waals surface area contributed by atoms with E-state index in [0.29, 0.717) is 18.2 Å². The number of aliphatic hydroxyl groups is 1. The smallest absolute Gasteiger partial charge is 0.406 e. The highest BCUT2D eigenvalue weighted by molar-refractivity contribution is 7.99. The number of rotatable bonds is 5. The lowest BCUT2D eigenvalue weighted by Gasteiger charge is -2.16. The van der Waals surface area contributed by atoms with E-state index < -0.39 is 12.5 Å². The molecule has 0 saturated carbocycles. The maximum absolute atomic E-state index is 12.0. The first kappa shape index (κ1) is 15.5. The minimum absolute atomic E-state index is 0.284. The van der Waals surface area contributed by atoms with Gasteiger partial charge in [0.25, 0.3) is 0 Å². The van der Waals surface area contributed by atoms with Crippen molar-refractivity contribution in [2.45, 2.75) is 24.9 Å². The van der Waals surface area contributed by atoms with Crippen LogP contribution < -0.4 is 10.1 Å². The third-order valence-corrected chi connectivity index (χ3v) is 4.19. The molecule has 2 N–H and O–H groups in total. The molecule has 1 aromatic rings. The summed E-state index contributed by atoms with van der Waals surface area (Å²) in [5.74, 6) is 1.87. The molecule has 0 radical (unpaired) electrons. The zero-order valence-corrected chi connectivity index (χ0v) is 11.5. The second-order valence-electron chi connectivity index (χ2n) is 4.60. The van der Waals surface area contributed by atoms with Gasteiger partial charge in [-0.15, -0.1) is 13.2 Å². The average Bonchev–Trinajstić information content (AvgIpc) is 2.88. The maximum Gasteiger partial charge on any atom is 0.573 e. The summed E-state index contributed by atoms with van der Waals surface area (Å²) in [6, 6.07) is 5.70. The zero-order valence-electron chi connectivity index (χ0n) is 10.7. The molecule has 20 heavy (non-hydrogen) atoms. The number of alkyl halides is 3. The SMILES string of the molecule is O[C@@H](CN[C@@H]1CCSC1)c1ccc(OC(F)(F)F)cc1. The van der Waals surface area contributed by atoms with E-state index in [-0.39, 0.29) is 5.75 Å². The van der Waals surface area contributed by atoms with Crippen molar-refractivity contribution in [1.82, 2.24) is 5.32 Å². The van der Waals surface area contributed by atoms with Crippen LogP contribution in [0.5, 0.6) is 5.75 Å². The Balaban J connectivity index is 1.85. The molecule has 0 unspecified atom stereocenters. The number of hydrogen-bond donors (Lipinski definition) is 2. The fraction of sp³-hybridized carbons (Fsp3) is 0.538. The minimum atomic E-state index is -4.69. The molecule has 1 aliphatic rings. The first-order valence-electron chi connectivity index (χ1n) is 6.29. The van der Waals surface area contributed by atoms with E-state index in [1.54, 1.807) is 0 Å². The molecule has 0 spiro atoms. The van der Waals surface area contributed by atoms with Crippen molar-refractivity contribution >= 4 is 11.8 Å². The summed E-state index contributed by atoms with van der Waals surface area (Å²) in [6.07, 6.45) is -4.35. The highest BCUT2D eigenvalue weighted by Gasteiger charge is 2.31. The summed E-state index contributed by atoms with van der Waals surface area (Å²) in [7, 11) is 0. The number of aliphatic hydroxyl groups excluding tert-OH is 1. The van der Waals surface area contributed by atoms with Crippen LogP contribution in [0, 0.1) is 0 Å². The van der Waals surface area contributed by atoms with Crippen LogP contribution in [0.3, 0.4) is 0 Å². The number of thioether (sulfide) groups is 1. The summed E-state index contributed by atoms with van der Waals surface area (Å²) in [4.78, 5) is 0. The lowest BCUT2D eigenvalue weighted by Crippen LogP contribution is -2.32. The van der Waals surface area contributed by atoms with Crippen LogP contribution in [0.2, 0.25) is 0 Å². The predicted octanol–water partition coefficient (Wildman–Crippen LogP) is 2.71. The lowest BCUT2D eigenvalue weighted by atomic mass is 10.1. The van der Waals surface area contributed by atoms with Crippen LogP contribution in [-0.4, -0.2) is 35.6 Å². The molecule has 1 saturated heterocycles. The van der Waals surface area contributed by atoms with Gasteiger partial charge in [-0.3, -0.25) is 0 Å². The second kappa shape index (κ2) is 6.69. The first-order valence-corrected chi connectivity index (χ1v) is 7.44. The lowest BCUT2D eigenvalue weighted by molar-refractivity contribution is -0.274. The normalized spacial score (nSPS) is 20.9. The molecule has 7 heteroatoms. The van der Waals surface area contributed by atoms with Crippen LogP contribution in [0.1, 0.15) is 18.1 Å². The summed E-state index contributed by atoms with van der Waals surface area (Å²) in [5, 5.41) is 13.2. The monoisotopic (exact) mass is 307 g/mol. The van der Waals surface area contributed by atoms with Crippen molar-refractivity contribution in [3.63, 3.8) is 0 Å². The Bertz CT molecular complexity index is 419. The zero-order chi connectivity index (χ0) is 14.6. The minimum Gasteiger partial charge on any atom is -0.406 e. The Hall–Kier alpha value is -0.920. The number of nitrogens with one attached hydrogen (secondary N) is 1. The summed E-state index contributed by atoms with van der Waals surface area (Å²) in [5.41, 5.74) is 0.567. The van der Waals surface area contributed by atoms with E-state index in [1.807, 2.05) is 11.8 Å². The number of ether oxygens (including phenoxy) is 1. The Labute approximate surface area is 119 Å². The third kappa shape index (κ3) is 4.88. The van der Waals surface area contributed by atoms with E-state index in [1.165, 1.54) is 24.3 Å². The molecule has 0 bridgehead atoms. The van der Waals surface area contributed by atoms with Gasteiger partial charge in [0.1, 0.15) is 5.75 Å². The van der Waals surface area contributed by atoms with Gasteiger partial charge in [0, 0.05) is 18.3 Å². The molecule has 2 atom stereocenters. The van der Waals surface area contributed by atoms with Crippen molar-refractivity contribution in [3.8, 4) is 5.75 Å². The molecule has 0 aromatic heterocycles. The van der Waals surface area contributed by atoms with Gasteiger partial charge in [0.15, 0.2) is 0 Å². The molecule has 0 amide bonds. The van der Waals surface area contributed by atoms with Crippen LogP contribution in [0.25, 0.3) is 0 Å². The second-order valence-corrected chi connectivity index (χ2v) is 5.75. The van der Waals surface area contributed by atoms with Crippen molar-refractivity contribution in [2.24, 2.45) is 0 Å². The Morgan fingerprint density at radius 3 is 2.60 bits per heavy atom. The standard InChI is InChI=1S/C13H16F3NO2S/c14-13(15,16)19-11-3-1-9(2-4-11)12(18)7-17-10-5-6-20-8-10/h1-4,10,12,17-18H,5-8H2/t10-,12+/m1/s1. The Morgan fingerprint density at radius 2 is 2.05 bits per heavy atom. The fourth-order valence-electron chi connectivity index (χ4n) is 1.98. The van der Waals surface area contributed by atoms with Crippen LogP contribution >= 0.6 is 11.8 Å². The van der Waals surface area contributed by atoms with Gasteiger partial charge >= 0.3 is 6.36 Å². The van der Waals surface area contributed by atoms with Crippen molar-refractivity contribution in [3.05, 3.63) is 29.8 Å². The molecule has 1 aliphatic heterocycles. The molecular weight excluding hydrogens is 291 g/mol. The van der Waals surface area contributed by atoms with E-state index in [0.717, 1.165) is 17.9 Å². The van der Waals surface area contributed by atoms with Gasteiger partial charge in [0.05, 0.1) is 6.10 Å². The van der Waals surface area contributed by atoms with Crippen LogP contribution in [0.4, 0.5) is 13.2 Å². The third-order valence-electron chi connectivity index (χ3n) is 3.03. The molecule has 1 heterocycles. The van der Waals surface area contributed by atoms with Crippen molar-refractivity contribution in [2.75, 3.05) is 18.1 Å². The molecular formula is C13H16F3NO2S. The summed E-state index contributed by atoms with van der Waals surface area (Å²) < 4.78 is 39.8. The Kier molecular flexibility index (Phi) is 5.17. The average molecular weight is 307 g/mol. The number of hydrogen-bond acceptors (Lipinski definition) is 4. The fourth-order valence-corrected chi connectivity index (χ4v) is 3.17. The van der Waals surface area contributed by atoms with E-state index in [9.17, 15) is 18.3 Å². The highest BCUT2D eigenvalue weighted by Crippen LogP contribution is 2.24. The van der Waals surface area contributed by atoms with E-state index >= 15 is 0 Å². The number of halogens is 3. The molecule has 3 nitrogen and oxygen atoms in total. The summed E-state index contributed by atoms with van der Waals surface area (Å²) in [6.45, 7) is 0.394. The largest absolute Gasteiger partial charge is 0.573 e. The number of benzene rings is 1. The Morgan fingerprint density at radius 1 is 1.35 bits per heavy atom. The predicted molar refractivity (Wildman–Crippen MR) is 71.8 cm³/mol. The quantitative estimate of drug-likeness (QED) is 0.878.